The molecule has 5 nitrogen and oxygen atoms in total. The van der Waals surface area contributed by atoms with Crippen molar-refractivity contribution in [1.29, 1.82) is 0 Å². The Hall–Kier alpha value is -1.62. The van der Waals surface area contributed by atoms with Gasteiger partial charge >= 0.3 is 0 Å². The number of rotatable bonds is 3. The highest BCUT2D eigenvalue weighted by Crippen LogP contribution is 2.24. The van der Waals surface area contributed by atoms with E-state index in [9.17, 15) is 4.79 Å². The summed E-state index contributed by atoms with van der Waals surface area (Å²) in [4.78, 5) is 20.1. The fraction of sp³-hybridized carbons (Fsp3) is 0.600. The fourth-order valence-electron chi connectivity index (χ4n) is 2.71. The zero-order valence-electron chi connectivity index (χ0n) is 12.4. The van der Waals surface area contributed by atoms with Gasteiger partial charge in [0.25, 0.3) is 5.91 Å². The Kier molecular flexibility index (Phi) is 4.95. The van der Waals surface area contributed by atoms with Crippen molar-refractivity contribution in [3.63, 3.8) is 0 Å². The van der Waals surface area contributed by atoms with Crippen molar-refractivity contribution >= 4 is 11.6 Å². The van der Waals surface area contributed by atoms with E-state index in [2.05, 4.69) is 9.88 Å². The molecule has 20 heavy (non-hydrogen) atoms. The van der Waals surface area contributed by atoms with Crippen LogP contribution in [0.1, 0.15) is 36.2 Å². The molecule has 2 heterocycles. The molecule has 1 aliphatic rings. The van der Waals surface area contributed by atoms with Gasteiger partial charge in [-0.3, -0.25) is 9.78 Å². The van der Waals surface area contributed by atoms with E-state index in [1.54, 1.807) is 25.2 Å². The number of aromatic nitrogens is 1. The Bertz CT molecular complexity index is 461. The Balaban J connectivity index is 2.26. The lowest BCUT2D eigenvalue weighted by atomic mass is 10.1. The van der Waals surface area contributed by atoms with E-state index in [-0.39, 0.29) is 5.91 Å². The zero-order valence-corrected chi connectivity index (χ0v) is 12.4. The van der Waals surface area contributed by atoms with Gasteiger partial charge in [-0.25, -0.2) is 0 Å². The summed E-state index contributed by atoms with van der Waals surface area (Å²) < 4.78 is 0. The molecule has 5 heteroatoms. The monoisotopic (exact) mass is 276 g/mol. The molecule has 2 N–H and O–H groups in total. The molecule has 0 bridgehead atoms. The average molecular weight is 276 g/mol. The molecule has 1 aromatic rings. The molecular formula is C15H24N4O. The first kappa shape index (κ1) is 14.8. The maximum atomic E-state index is 12.0. The lowest BCUT2D eigenvalue weighted by Gasteiger charge is -2.31. The fourth-order valence-corrected chi connectivity index (χ4v) is 2.71. The van der Waals surface area contributed by atoms with Crippen molar-refractivity contribution in [2.45, 2.75) is 31.7 Å². The molecule has 0 saturated carbocycles. The van der Waals surface area contributed by atoms with Gasteiger partial charge in [0.1, 0.15) is 5.69 Å². The van der Waals surface area contributed by atoms with Gasteiger partial charge in [0.05, 0.1) is 0 Å². The lowest BCUT2D eigenvalue weighted by Crippen LogP contribution is -2.40. The standard InChI is InChI=1S/C15H24N4O/c1-18(2)15(20)14-10-12(7-8-17-14)19-9-5-3-4-6-13(19)11-16/h7-8,10,13H,3-6,9,11,16H2,1-2H3. The van der Waals surface area contributed by atoms with Gasteiger partial charge in [-0.1, -0.05) is 12.8 Å². The maximum Gasteiger partial charge on any atom is 0.272 e. The van der Waals surface area contributed by atoms with Crippen molar-refractivity contribution in [2.75, 3.05) is 32.1 Å². The van der Waals surface area contributed by atoms with E-state index in [0.717, 1.165) is 18.7 Å². The molecular weight excluding hydrogens is 252 g/mol. The highest BCUT2D eigenvalue weighted by Gasteiger charge is 2.21. The third-order valence-electron chi connectivity index (χ3n) is 3.85. The van der Waals surface area contributed by atoms with Crippen LogP contribution in [0.5, 0.6) is 0 Å². The van der Waals surface area contributed by atoms with Crippen molar-refractivity contribution < 1.29 is 4.79 Å². The molecule has 110 valence electrons. The van der Waals surface area contributed by atoms with Gasteiger partial charge < -0.3 is 15.5 Å². The molecule has 0 radical (unpaired) electrons. The number of hydrogen-bond donors (Lipinski definition) is 1. The van der Waals surface area contributed by atoms with E-state index < -0.39 is 0 Å². The summed E-state index contributed by atoms with van der Waals surface area (Å²) in [6.07, 6.45) is 6.49. The van der Waals surface area contributed by atoms with Gasteiger partial charge in [0, 0.05) is 45.1 Å². The summed E-state index contributed by atoms with van der Waals surface area (Å²) in [6, 6.07) is 4.22. The third kappa shape index (κ3) is 3.28. The smallest absolute Gasteiger partial charge is 0.272 e. The summed E-state index contributed by atoms with van der Waals surface area (Å²) >= 11 is 0. The lowest BCUT2D eigenvalue weighted by molar-refractivity contribution is 0.0822. The van der Waals surface area contributed by atoms with Crippen molar-refractivity contribution in [1.82, 2.24) is 9.88 Å². The minimum absolute atomic E-state index is 0.0639. The minimum Gasteiger partial charge on any atom is -0.367 e. The van der Waals surface area contributed by atoms with Gasteiger partial charge in [-0.15, -0.1) is 0 Å². The normalized spacial score (nSPS) is 19.6. The highest BCUT2D eigenvalue weighted by molar-refractivity contribution is 5.92. The predicted octanol–water partition coefficient (Wildman–Crippen LogP) is 1.49. The van der Waals surface area contributed by atoms with Crippen LogP contribution >= 0.6 is 0 Å². The number of nitrogens with zero attached hydrogens (tertiary/aromatic N) is 3. The maximum absolute atomic E-state index is 12.0. The Morgan fingerprint density at radius 2 is 2.25 bits per heavy atom. The second-order valence-corrected chi connectivity index (χ2v) is 5.53. The van der Waals surface area contributed by atoms with Crippen LogP contribution in [0.15, 0.2) is 18.3 Å². The number of hydrogen-bond acceptors (Lipinski definition) is 4. The minimum atomic E-state index is -0.0639. The van der Waals surface area contributed by atoms with Gasteiger partial charge in [0.15, 0.2) is 0 Å². The Labute approximate surface area is 120 Å². The van der Waals surface area contributed by atoms with Crippen LogP contribution in [-0.4, -0.2) is 49.0 Å². The van der Waals surface area contributed by atoms with E-state index in [0.29, 0.717) is 18.3 Å². The quantitative estimate of drug-likeness (QED) is 0.908. The molecule has 1 amide bonds. The summed E-state index contributed by atoms with van der Waals surface area (Å²) in [5.41, 5.74) is 7.47. The summed E-state index contributed by atoms with van der Waals surface area (Å²) in [5, 5.41) is 0. The molecule has 0 aliphatic carbocycles. The molecule has 1 saturated heterocycles. The summed E-state index contributed by atoms with van der Waals surface area (Å²) in [6.45, 7) is 1.65. The van der Waals surface area contributed by atoms with Crippen LogP contribution in [0.25, 0.3) is 0 Å². The van der Waals surface area contributed by atoms with Crippen LogP contribution in [0.3, 0.4) is 0 Å². The molecule has 0 spiro atoms. The molecule has 1 fully saturated rings. The summed E-state index contributed by atoms with van der Waals surface area (Å²) in [5.74, 6) is -0.0639. The number of anilines is 1. The SMILES string of the molecule is CN(C)C(=O)c1cc(N2CCCCCC2CN)ccn1. The topological polar surface area (TPSA) is 62.5 Å². The van der Waals surface area contributed by atoms with Crippen molar-refractivity contribution in [3.8, 4) is 0 Å². The second kappa shape index (κ2) is 6.70. The summed E-state index contributed by atoms with van der Waals surface area (Å²) in [7, 11) is 3.48. The zero-order chi connectivity index (χ0) is 14.5. The molecule has 1 aromatic heterocycles. The average Bonchev–Trinajstić information content (AvgIpc) is 2.71. The van der Waals surface area contributed by atoms with Crippen molar-refractivity contribution in [2.24, 2.45) is 5.73 Å². The predicted molar refractivity (Wildman–Crippen MR) is 80.9 cm³/mol. The van der Waals surface area contributed by atoms with Crippen LogP contribution in [0.2, 0.25) is 0 Å². The first-order valence-corrected chi connectivity index (χ1v) is 7.28. The Morgan fingerprint density at radius 3 is 2.95 bits per heavy atom. The largest absolute Gasteiger partial charge is 0.367 e. The van der Waals surface area contributed by atoms with Crippen LogP contribution in [-0.2, 0) is 0 Å². The first-order chi connectivity index (χ1) is 9.63. The van der Waals surface area contributed by atoms with E-state index in [1.165, 1.54) is 19.3 Å². The van der Waals surface area contributed by atoms with Crippen LogP contribution in [0, 0.1) is 0 Å². The number of carbonyl (C=O) groups is 1. The van der Waals surface area contributed by atoms with E-state index in [4.69, 9.17) is 5.73 Å². The van der Waals surface area contributed by atoms with Gasteiger partial charge in [-0.05, 0) is 25.0 Å². The van der Waals surface area contributed by atoms with E-state index >= 15 is 0 Å². The van der Waals surface area contributed by atoms with Gasteiger partial charge in [0.2, 0.25) is 0 Å². The number of carbonyl (C=O) groups excluding carboxylic acids is 1. The molecule has 1 atom stereocenters. The molecule has 1 aliphatic heterocycles. The molecule has 2 rings (SSSR count). The number of nitrogens with two attached hydrogens (primary N) is 1. The van der Waals surface area contributed by atoms with E-state index in [1.807, 2.05) is 12.1 Å². The van der Waals surface area contributed by atoms with Crippen molar-refractivity contribution in [3.05, 3.63) is 24.0 Å². The second-order valence-electron chi connectivity index (χ2n) is 5.53. The number of amides is 1. The Morgan fingerprint density at radius 1 is 1.45 bits per heavy atom. The van der Waals surface area contributed by atoms with Crippen LogP contribution < -0.4 is 10.6 Å². The molecule has 0 aromatic carbocycles. The van der Waals surface area contributed by atoms with Crippen LogP contribution in [0.4, 0.5) is 5.69 Å². The third-order valence-corrected chi connectivity index (χ3v) is 3.85. The highest BCUT2D eigenvalue weighted by atomic mass is 16.2. The first-order valence-electron chi connectivity index (χ1n) is 7.28. The number of pyridine rings is 1. The van der Waals surface area contributed by atoms with Gasteiger partial charge in [-0.2, -0.15) is 0 Å². The molecule has 1 unspecified atom stereocenters.